The van der Waals surface area contributed by atoms with Gasteiger partial charge in [-0.3, -0.25) is 4.90 Å². The largest absolute Gasteiger partial charge is 0.390 e. The summed E-state index contributed by atoms with van der Waals surface area (Å²) in [5.41, 5.74) is 0. The normalized spacial score (nSPS) is 27.0. The van der Waals surface area contributed by atoms with E-state index in [1.165, 1.54) is 0 Å². The molecule has 1 heterocycles. The molecule has 0 amide bonds. The molecule has 18 heavy (non-hydrogen) atoms. The van der Waals surface area contributed by atoms with E-state index < -0.39 is 0 Å². The van der Waals surface area contributed by atoms with E-state index in [2.05, 4.69) is 24.1 Å². The smallest absolute Gasteiger partial charge is 0.0971 e. The Morgan fingerprint density at radius 3 is 2.17 bits per heavy atom. The quantitative estimate of drug-likeness (QED) is 0.640. The zero-order valence-corrected chi connectivity index (χ0v) is 12.1. The van der Waals surface area contributed by atoms with Crippen LogP contribution in [0.2, 0.25) is 0 Å². The third-order valence-corrected chi connectivity index (χ3v) is 3.30. The molecule has 0 aromatic rings. The molecule has 0 saturated carbocycles. The summed E-state index contributed by atoms with van der Waals surface area (Å²) in [4.78, 5) is 2.20. The Bertz CT molecular complexity index is 214. The minimum absolute atomic E-state index is 0.117. The number of nitrogens with one attached hydrogen (secondary N) is 1. The van der Waals surface area contributed by atoms with Gasteiger partial charge in [-0.15, -0.1) is 0 Å². The van der Waals surface area contributed by atoms with E-state index in [1.807, 2.05) is 0 Å². The number of ether oxygens (including phenoxy) is 2. The summed E-state index contributed by atoms with van der Waals surface area (Å²) in [5.74, 6) is 0.611. The van der Waals surface area contributed by atoms with Gasteiger partial charge < -0.3 is 19.9 Å². The standard InChI is InChI=1S/C13H28N2O3/c1-10(2)5-14-6-11(16)7-15-8-12(17-3)13(9-15)18-4/h10-14,16H,5-9H2,1-4H3. The van der Waals surface area contributed by atoms with Crippen molar-refractivity contribution in [1.82, 2.24) is 10.2 Å². The number of methoxy groups -OCH3 is 2. The number of nitrogens with zero attached hydrogens (tertiary/aromatic N) is 1. The second-order valence-corrected chi connectivity index (χ2v) is 5.47. The molecule has 1 aliphatic rings. The molecule has 0 aliphatic carbocycles. The molecule has 1 saturated heterocycles. The average molecular weight is 260 g/mol. The third-order valence-electron chi connectivity index (χ3n) is 3.30. The van der Waals surface area contributed by atoms with Gasteiger partial charge in [0.2, 0.25) is 0 Å². The van der Waals surface area contributed by atoms with E-state index >= 15 is 0 Å². The molecule has 5 nitrogen and oxygen atoms in total. The van der Waals surface area contributed by atoms with Crippen molar-refractivity contribution in [2.24, 2.45) is 5.92 Å². The van der Waals surface area contributed by atoms with Crippen molar-refractivity contribution in [1.29, 1.82) is 0 Å². The number of rotatable bonds is 8. The molecule has 0 aromatic heterocycles. The molecule has 0 bridgehead atoms. The van der Waals surface area contributed by atoms with E-state index in [1.54, 1.807) is 14.2 Å². The van der Waals surface area contributed by atoms with Crippen molar-refractivity contribution in [2.75, 3.05) is 46.9 Å². The lowest BCUT2D eigenvalue weighted by atomic mass is 10.2. The minimum atomic E-state index is -0.336. The highest BCUT2D eigenvalue weighted by molar-refractivity contribution is 4.86. The predicted octanol–water partition coefficient (Wildman–Crippen LogP) is -0.0615. The van der Waals surface area contributed by atoms with Crippen LogP contribution in [0.15, 0.2) is 0 Å². The second kappa shape index (κ2) is 8.07. The number of aliphatic hydroxyl groups excluding tert-OH is 1. The van der Waals surface area contributed by atoms with Crippen molar-refractivity contribution in [3.05, 3.63) is 0 Å². The lowest BCUT2D eigenvalue weighted by Crippen LogP contribution is -2.38. The number of β-amino-alcohol motifs (C(OH)–C–C–N with tert-alkyl or cyclic N) is 1. The van der Waals surface area contributed by atoms with Crippen LogP contribution >= 0.6 is 0 Å². The van der Waals surface area contributed by atoms with Crippen LogP contribution in [-0.2, 0) is 9.47 Å². The van der Waals surface area contributed by atoms with Gasteiger partial charge in [0.05, 0.1) is 18.3 Å². The van der Waals surface area contributed by atoms with Crippen LogP contribution in [-0.4, -0.2) is 75.3 Å². The lowest BCUT2D eigenvalue weighted by Gasteiger charge is -2.20. The summed E-state index contributed by atoms with van der Waals surface area (Å²) in [5, 5.41) is 13.2. The maximum absolute atomic E-state index is 9.95. The van der Waals surface area contributed by atoms with Gasteiger partial charge in [0.15, 0.2) is 0 Å². The monoisotopic (exact) mass is 260 g/mol. The van der Waals surface area contributed by atoms with E-state index in [4.69, 9.17) is 9.47 Å². The number of hydrogen-bond acceptors (Lipinski definition) is 5. The second-order valence-electron chi connectivity index (χ2n) is 5.47. The lowest BCUT2D eigenvalue weighted by molar-refractivity contribution is -0.00461. The molecule has 3 atom stereocenters. The number of likely N-dealkylation sites (tertiary alicyclic amines) is 1. The van der Waals surface area contributed by atoms with Crippen molar-refractivity contribution in [3.8, 4) is 0 Å². The first kappa shape index (κ1) is 15.9. The maximum Gasteiger partial charge on any atom is 0.0971 e. The van der Waals surface area contributed by atoms with Crippen LogP contribution in [0.4, 0.5) is 0 Å². The molecule has 3 unspecified atom stereocenters. The number of aliphatic hydroxyl groups is 1. The van der Waals surface area contributed by atoms with Crippen molar-refractivity contribution < 1.29 is 14.6 Å². The summed E-state index contributed by atoms with van der Waals surface area (Å²) in [6, 6.07) is 0. The molecule has 1 rings (SSSR count). The van der Waals surface area contributed by atoms with Gasteiger partial charge in [0.1, 0.15) is 0 Å². The summed E-state index contributed by atoms with van der Waals surface area (Å²) in [7, 11) is 3.42. The molecular formula is C13H28N2O3. The van der Waals surface area contributed by atoms with E-state index in [-0.39, 0.29) is 18.3 Å². The van der Waals surface area contributed by atoms with E-state index in [0.29, 0.717) is 19.0 Å². The molecule has 1 fully saturated rings. The first-order valence-corrected chi connectivity index (χ1v) is 6.73. The van der Waals surface area contributed by atoms with E-state index in [9.17, 15) is 5.11 Å². The molecule has 0 aromatic carbocycles. The Balaban J connectivity index is 2.22. The Hall–Kier alpha value is -0.200. The highest BCUT2D eigenvalue weighted by Gasteiger charge is 2.33. The summed E-state index contributed by atoms with van der Waals surface area (Å²) >= 11 is 0. The summed E-state index contributed by atoms with van der Waals surface area (Å²) < 4.78 is 10.8. The van der Waals surface area contributed by atoms with Gasteiger partial charge in [-0.05, 0) is 12.5 Å². The zero-order valence-electron chi connectivity index (χ0n) is 12.1. The molecule has 2 N–H and O–H groups in total. The molecule has 0 radical (unpaired) electrons. The molecule has 0 spiro atoms. The SMILES string of the molecule is COC1CN(CC(O)CNCC(C)C)CC1OC. The summed E-state index contributed by atoms with van der Waals surface area (Å²) in [6.07, 6.45) is -0.103. The Labute approximate surface area is 110 Å². The Morgan fingerprint density at radius 1 is 1.17 bits per heavy atom. The molecule has 5 heteroatoms. The van der Waals surface area contributed by atoms with Crippen LogP contribution in [0, 0.1) is 5.92 Å². The average Bonchev–Trinajstić information content (AvgIpc) is 2.70. The maximum atomic E-state index is 9.95. The van der Waals surface area contributed by atoms with Crippen LogP contribution < -0.4 is 5.32 Å². The fourth-order valence-electron chi connectivity index (χ4n) is 2.32. The van der Waals surface area contributed by atoms with Gasteiger partial charge in [-0.25, -0.2) is 0 Å². The third kappa shape index (κ3) is 5.20. The molecule has 1 aliphatic heterocycles. The van der Waals surface area contributed by atoms with Crippen LogP contribution in [0.25, 0.3) is 0 Å². The number of hydrogen-bond donors (Lipinski definition) is 2. The molecular weight excluding hydrogens is 232 g/mol. The highest BCUT2D eigenvalue weighted by Crippen LogP contribution is 2.15. The topological polar surface area (TPSA) is 54.0 Å². The minimum Gasteiger partial charge on any atom is -0.390 e. The fourth-order valence-corrected chi connectivity index (χ4v) is 2.32. The van der Waals surface area contributed by atoms with Crippen molar-refractivity contribution >= 4 is 0 Å². The van der Waals surface area contributed by atoms with Crippen molar-refractivity contribution in [2.45, 2.75) is 32.2 Å². The highest BCUT2D eigenvalue weighted by atomic mass is 16.5. The van der Waals surface area contributed by atoms with Gasteiger partial charge in [0.25, 0.3) is 0 Å². The van der Waals surface area contributed by atoms with Gasteiger partial charge in [-0.2, -0.15) is 0 Å². The van der Waals surface area contributed by atoms with E-state index in [0.717, 1.165) is 19.6 Å². The van der Waals surface area contributed by atoms with Gasteiger partial charge in [0, 0.05) is 40.4 Å². The molecule has 108 valence electrons. The zero-order chi connectivity index (χ0) is 13.5. The first-order chi connectivity index (χ1) is 8.56. The summed E-state index contributed by atoms with van der Waals surface area (Å²) in [6.45, 7) is 8.23. The van der Waals surface area contributed by atoms with Crippen LogP contribution in [0.1, 0.15) is 13.8 Å². The van der Waals surface area contributed by atoms with Crippen LogP contribution in [0.3, 0.4) is 0 Å². The Morgan fingerprint density at radius 2 is 1.72 bits per heavy atom. The first-order valence-electron chi connectivity index (χ1n) is 6.73. The Kier molecular flexibility index (Phi) is 7.11. The predicted molar refractivity (Wildman–Crippen MR) is 71.7 cm³/mol. The van der Waals surface area contributed by atoms with Gasteiger partial charge in [-0.1, -0.05) is 13.8 Å². The van der Waals surface area contributed by atoms with Crippen LogP contribution in [0.5, 0.6) is 0 Å². The fraction of sp³-hybridized carbons (Fsp3) is 1.00. The van der Waals surface area contributed by atoms with Crippen molar-refractivity contribution in [3.63, 3.8) is 0 Å². The van der Waals surface area contributed by atoms with Gasteiger partial charge >= 0.3 is 0 Å².